The summed E-state index contributed by atoms with van der Waals surface area (Å²) >= 11 is 1.47. The maximum atomic E-state index is 13.7. The first kappa shape index (κ1) is 15.8. The third-order valence-corrected chi connectivity index (χ3v) is 5.10. The van der Waals surface area contributed by atoms with Gasteiger partial charge in [-0.15, -0.1) is 11.8 Å². The number of carbonyl (C=O) groups is 2. The first-order chi connectivity index (χ1) is 9.91. The van der Waals surface area contributed by atoms with Crippen LogP contribution in [-0.2, 0) is 16.0 Å². The lowest BCUT2D eigenvalue weighted by Crippen LogP contribution is -2.47. The van der Waals surface area contributed by atoms with Gasteiger partial charge in [0, 0.05) is 5.75 Å². The van der Waals surface area contributed by atoms with E-state index in [9.17, 15) is 19.1 Å². The molecule has 1 aliphatic rings. The molecule has 0 saturated carbocycles. The summed E-state index contributed by atoms with van der Waals surface area (Å²) in [6.07, 6.45) is -0.111. The highest BCUT2D eigenvalue weighted by atomic mass is 32.2. The molecule has 2 rings (SSSR count). The molecule has 21 heavy (non-hydrogen) atoms. The molecule has 1 aliphatic heterocycles. The number of carbonyl (C=O) groups excluding carboxylic acids is 1. The molecule has 114 valence electrons. The van der Waals surface area contributed by atoms with Crippen LogP contribution in [0.4, 0.5) is 4.39 Å². The first-order valence-electron chi connectivity index (χ1n) is 6.80. The van der Waals surface area contributed by atoms with Crippen molar-refractivity contribution < 1.29 is 19.1 Å². The monoisotopic (exact) mass is 311 g/mol. The number of carboxylic acids is 1. The van der Waals surface area contributed by atoms with Crippen LogP contribution < -0.4 is 0 Å². The second-order valence-corrected chi connectivity index (χ2v) is 6.54. The van der Waals surface area contributed by atoms with Crippen LogP contribution >= 0.6 is 11.8 Å². The van der Waals surface area contributed by atoms with E-state index in [1.54, 1.807) is 18.2 Å². The van der Waals surface area contributed by atoms with E-state index in [1.807, 2.05) is 13.8 Å². The average Bonchev–Trinajstić information content (AvgIpc) is 2.86. The van der Waals surface area contributed by atoms with E-state index in [-0.39, 0.29) is 23.6 Å². The Kier molecular flexibility index (Phi) is 4.88. The average molecular weight is 311 g/mol. The van der Waals surface area contributed by atoms with Crippen molar-refractivity contribution in [2.24, 2.45) is 5.92 Å². The van der Waals surface area contributed by atoms with Crippen LogP contribution in [0.1, 0.15) is 19.4 Å². The fourth-order valence-electron chi connectivity index (χ4n) is 2.44. The quantitative estimate of drug-likeness (QED) is 0.927. The van der Waals surface area contributed by atoms with Crippen LogP contribution in [0.25, 0.3) is 0 Å². The van der Waals surface area contributed by atoms with Crippen LogP contribution in [0.2, 0.25) is 0 Å². The van der Waals surface area contributed by atoms with Crippen LogP contribution in [0.15, 0.2) is 24.3 Å². The van der Waals surface area contributed by atoms with Gasteiger partial charge >= 0.3 is 5.97 Å². The van der Waals surface area contributed by atoms with Crippen LogP contribution in [-0.4, -0.2) is 39.1 Å². The molecule has 0 radical (unpaired) electrons. The molecule has 0 aromatic heterocycles. The Morgan fingerprint density at radius 1 is 1.43 bits per heavy atom. The summed E-state index contributed by atoms with van der Waals surface area (Å²) in [7, 11) is 0. The second kappa shape index (κ2) is 6.47. The Balaban J connectivity index is 2.21. The second-order valence-electron chi connectivity index (χ2n) is 5.39. The fraction of sp³-hybridized carbons (Fsp3) is 0.467. The summed E-state index contributed by atoms with van der Waals surface area (Å²) in [5, 5.41) is 9.10. The van der Waals surface area contributed by atoms with Crippen molar-refractivity contribution in [2.45, 2.75) is 31.7 Å². The number of hydrogen-bond donors (Lipinski definition) is 1. The first-order valence-corrected chi connectivity index (χ1v) is 7.85. The lowest BCUT2D eigenvalue weighted by Gasteiger charge is -2.29. The molecule has 4 nitrogen and oxygen atoms in total. The molecule has 1 heterocycles. The van der Waals surface area contributed by atoms with Crippen molar-refractivity contribution in [3.63, 3.8) is 0 Å². The lowest BCUT2D eigenvalue weighted by molar-refractivity contribution is -0.149. The number of halogens is 1. The number of benzene rings is 1. The minimum Gasteiger partial charge on any atom is -0.480 e. The van der Waals surface area contributed by atoms with Crippen molar-refractivity contribution in [3.05, 3.63) is 35.6 Å². The number of hydrogen-bond acceptors (Lipinski definition) is 3. The standard InChI is InChI=1S/C15H18FNO3S/c1-9(2)14-17(12(8-21-14)15(19)20)13(18)7-10-5-3-4-6-11(10)16/h3-6,9,12,14H,7-8H2,1-2H3,(H,19,20). The number of nitrogens with zero attached hydrogens (tertiary/aromatic N) is 1. The zero-order valence-corrected chi connectivity index (χ0v) is 12.8. The Bertz CT molecular complexity index is 549. The molecule has 0 bridgehead atoms. The van der Waals surface area contributed by atoms with E-state index < -0.39 is 17.8 Å². The van der Waals surface area contributed by atoms with Crippen molar-refractivity contribution in [1.82, 2.24) is 4.90 Å². The zero-order chi connectivity index (χ0) is 15.6. The molecule has 0 aliphatic carbocycles. The molecule has 1 aromatic rings. The molecular weight excluding hydrogens is 293 g/mol. The van der Waals surface area contributed by atoms with E-state index in [1.165, 1.54) is 22.7 Å². The molecule has 1 fully saturated rings. The van der Waals surface area contributed by atoms with E-state index >= 15 is 0 Å². The van der Waals surface area contributed by atoms with Gasteiger partial charge in [0.15, 0.2) is 0 Å². The largest absolute Gasteiger partial charge is 0.480 e. The summed E-state index contributed by atoms with van der Waals surface area (Å²) < 4.78 is 13.7. The van der Waals surface area contributed by atoms with E-state index in [4.69, 9.17) is 0 Å². The van der Waals surface area contributed by atoms with E-state index in [2.05, 4.69) is 0 Å². The van der Waals surface area contributed by atoms with Gasteiger partial charge in [0.1, 0.15) is 11.9 Å². The Labute approximate surface area is 127 Å². The van der Waals surface area contributed by atoms with Gasteiger partial charge in [-0.05, 0) is 17.5 Å². The molecule has 6 heteroatoms. The van der Waals surface area contributed by atoms with Gasteiger partial charge in [-0.1, -0.05) is 32.0 Å². The van der Waals surface area contributed by atoms with E-state index in [0.717, 1.165) is 0 Å². The van der Waals surface area contributed by atoms with Gasteiger partial charge in [0.05, 0.1) is 11.8 Å². The third-order valence-electron chi connectivity index (χ3n) is 3.48. The van der Waals surface area contributed by atoms with Gasteiger partial charge in [0.25, 0.3) is 0 Å². The minimum atomic E-state index is -1.01. The van der Waals surface area contributed by atoms with Crippen molar-refractivity contribution in [2.75, 3.05) is 5.75 Å². The van der Waals surface area contributed by atoms with Crippen LogP contribution in [0.5, 0.6) is 0 Å². The number of rotatable bonds is 4. The molecule has 2 unspecified atom stereocenters. The van der Waals surface area contributed by atoms with Crippen LogP contribution in [0, 0.1) is 11.7 Å². The molecule has 1 saturated heterocycles. The van der Waals surface area contributed by atoms with Crippen molar-refractivity contribution in [3.8, 4) is 0 Å². The Morgan fingerprint density at radius 2 is 2.10 bits per heavy atom. The molecular formula is C15H18FNO3S. The molecule has 2 atom stereocenters. The number of thioether (sulfide) groups is 1. The Hall–Kier alpha value is -1.56. The molecule has 0 spiro atoms. The highest BCUT2D eigenvalue weighted by Gasteiger charge is 2.42. The van der Waals surface area contributed by atoms with Gasteiger partial charge in [0.2, 0.25) is 5.91 Å². The molecule has 1 N–H and O–H groups in total. The zero-order valence-electron chi connectivity index (χ0n) is 12.0. The number of carboxylic acid groups (broad SMARTS) is 1. The van der Waals surface area contributed by atoms with Gasteiger partial charge in [-0.3, -0.25) is 4.79 Å². The number of aliphatic carboxylic acids is 1. The maximum absolute atomic E-state index is 13.7. The molecule has 1 amide bonds. The summed E-state index contributed by atoms with van der Waals surface area (Å²) in [6, 6.07) is 5.25. The minimum absolute atomic E-state index is 0.111. The van der Waals surface area contributed by atoms with Gasteiger partial charge < -0.3 is 10.0 Å². The smallest absolute Gasteiger partial charge is 0.327 e. The summed E-state index contributed by atoms with van der Waals surface area (Å²) in [5.74, 6) is -1.26. The lowest BCUT2D eigenvalue weighted by atomic mass is 10.1. The van der Waals surface area contributed by atoms with Crippen molar-refractivity contribution >= 4 is 23.6 Å². The predicted octanol–water partition coefficient (Wildman–Crippen LogP) is 2.38. The highest BCUT2D eigenvalue weighted by molar-refractivity contribution is 8.00. The number of amides is 1. The van der Waals surface area contributed by atoms with Gasteiger partial charge in [-0.25, -0.2) is 9.18 Å². The summed E-state index contributed by atoms with van der Waals surface area (Å²) in [6.45, 7) is 3.90. The fourth-order valence-corrected chi connectivity index (χ4v) is 3.94. The third kappa shape index (κ3) is 3.37. The molecule has 1 aromatic carbocycles. The summed E-state index contributed by atoms with van der Waals surface area (Å²) in [5.41, 5.74) is 0.297. The summed E-state index contributed by atoms with van der Waals surface area (Å²) in [4.78, 5) is 25.2. The topological polar surface area (TPSA) is 57.6 Å². The van der Waals surface area contributed by atoms with Crippen molar-refractivity contribution in [1.29, 1.82) is 0 Å². The SMILES string of the molecule is CC(C)C1SCC(C(=O)O)N1C(=O)Cc1ccccc1F. The normalized spacial score (nSPS) is 21.8. The predicted molar refractivity (Wildman–Crippen MR) is 79.5 cm³/mol. The van der Waals surface area contributed by atoms with E-state index in [0.29, 0.717) is 11.3 Å². The maximum Gasteiger partial charge on any atom is 0.327 e. The van der Waals surface area contributed by atoms with Gasteiger partial charge in [-0.2, -0.15) is 0 Å². The highest BCUT2D eigenvalue weighted by Crippen LogP contribution is 2.34. The van der Waals surface area contributed by atoms with Crippen LogP contribution in [0.3, 0.4) is 0 Å². The Morgan fingerprint density at radius 3 is 2.67 bits per heavy atom.